The normalized spacial score (nSPS) is 16.6. The number of nitrogens with zero attached hydrogens (tertiary/aromatic N) is 2. The van der Waals surface area contributed by atoms with Crippen LogP contribution >= 0.6 is 11.3 Å². The van der Waals surface area contributed by atoms with Crippen LogP contribution in [0.15, 0.2) is 35.7 Å². The summed E-state index contributed by atoms with van der Waals surface area (Å²) >= 11 is 1.74. The zero-order valence-electron chi connectivity index (χ0n) is 19.9. The molecule has 1 aromatic heterocycles. The van der Waals surface area contributed by atoms with Crippen LogP contribution in [0, 0.1) is 6.92 Å². The van der Waals surface area contributed by atoms with E-state index >= 15 is 0 Å². The van der Waals surface area contributed by atoms with E-state index in [2.05, 4.69) is 11.4 Å². The van der Waals surface area contributed by atoms with Crippen molar-refractivity contribution >= 4 is 17.2 Å². The molecule has 0 spiro atoms. The topological polar surface area (TPSA) is 71.5 Å². The first-order chi connectivity index (χ1) is 16.0. The Morgan fingerprint density at radius 2 is 2.21 bits per heavy atom. The number of rotatable bonds is 13. The Morgan fingerprint density at radius 1 is 1.36 bits per heavy atom. The van der Waals surface area contributed by atoms with Crippen LogP contribution < -0.4 is 4.74 Å². The number of amides is 1. The van der Waals surface area contributed by atoms with Crippen molar-refractivity contribution in [3.63, 3.8) is 0 Å². The lowest BCUT2D eigenvalue weighted by Crippen LogP contribution is -2.48. The molecular formula is C25H36N2O5S. The Labute approximate surface area is 200 Å². The van der Waals surface area contributed by atoms with E-state index in [0.29, 0.717) is 39.5 Å². The highest BCUT2D eigenvalue weighted by molar-refractivity contribution is 7.10. The van der Waals surface area contributed by atoms with E-state index in [1.54, 1.807) is 18.4 Å². The maximum Gasteiger partial charge on any atom is 0.237 e. The van der Waals surface area contributed by atoms with Crippen molar-refractivity contribution in [2.45, 2.75) is 32.4 Å². The van der Waals surface area contributed by atoms with Gasteiger partial charge >= 0.3 is 0 Å². The summed E-state index contributed by atoms with van der Waals surface area (Å²) < 4.78 is 16.7. The van der Waals surface area contributed by atoms with Crippen molar-refractivity contribution in [3.05, 3.63) is 51.7 Å². The van der Waals surface area contributed by atoms with Crippen molar-refractivity contribution in [1.29, 1.82) is 0 Å². The molecule has 0 unspecified atom stereocenters. The molecule has 0 saturated carbocycles. The van der Waals surface area contributed by atoms with Gasteiger partial charge in [-0.1, -0.05) is 12.1 Å². The Morgan fingerprint density at radius 3 is 2.97 bits per heavy atom. The average molecular weight is 477 g/mol. The predicted molar refractivity (Wildman–Crippen MR) is 130 cm³/mol. The summed E-state index contributed by atoms with van der Waals surface area (Å²) in [6, 6.07) is 9.95. The Hall–Kier alpha value is -1.97. The number of carbonyl (C=O) groups excluding carboxylic acids is 1. The molecule has 1 amide bonds. The van der Waals surface area contributed by atoms with Crippen molar-refractivity contribution in [2.24, 2.45) is 0 Å². The molecule has 8 heteroatoms. The number of aryl methyl sites for hydroxylation is 1. The third-order valence-corrected chi connectivity index (χ3v) is 6.76. The number of ether oxygens (including phenoxy) is 3. The van der Waals surface area contributed by atoms with Crippen molar-refractivity contribution in [3.8, 4) is 5.75 Å². The standard InChI is InChI=1S/C25H36N2O5S/c1-4-31-17-20(28)15-26(11-12-30-3)16-25(29)27-10-8-24-22(9-13-33-24)23(27)18-32-21-7-5-6-19(2)14-21/h5-7,9,13-14,20,23,28H,4,8,10-12,15-18H2,1-3H3/t20-,23-/m0/s1. The molecule has 0 saturated heterocycles. The molecule has 2 atom stereocenters. The molecule has 1 aliphatic rings. The molecule has 0 fully saturated rings. The van der Waals surface area contributed by atoms with Crippen molar-refractivity contribution in [1.82, 2.24) is 9.80 Å². The lowest BCUT2D eigenvalue weighted by Gasteiger charge is -2.37. The van der Waals surface area contributed by atoms with E-state index in [1.807, 2.05) is 47.9 Å². The molecular weight excluding hydrogens is 440 g/mol. The number of fused-ring (bicyclic) bond motifs is 1. The van der Waals surface area contributed by atoms with Gasteiger partial charge in [-0.3, -0.25) is 9.69 Å². The molecule has 1 aromatic carbocycles. The smallest absolute Gasteiger partial charge is 0.237 e. The second-order valence-corrected chi connectivity index (χ2v) is 9.32. The van der Waals surface area contributed by atoms with E-state index < -0.39 is 6.10 Å². The number of carbonyl (C=O) groups is 1. The SMILES string of the molecule is CCOC[C@@H](O)CN(CCOC)CC(=O)N1CCc2sccc2[C@@H]1COc1cccc(C)c1. The average Bonchev–Trinajstić information content (AvgIpc) is 3.28. The largest absolute Gasteiger partial charge is 0.491 e. The molecule has 33 heavy (non-hydrogen) atoms. The van der Waals surface area contributed by atoms with Gasteiger partial charge in [0.2, 0.25) is 5.91 Å². The first-order valence-corrected chi connectivity index (χ1v) is 12.4. The number of thiophene rings is 1. The molecule has 3 rings (SSSR count). The molecule has 0 aliphatic carbocycles. The summed E-state index contributed by atoms with van der Waals surface area (Å²) in [5.74, 6) is 0.843. The number of methoxy groups -OCH3 is 1. The summed E-state index contributed by atoms with van der Waals surface area (Å²) in [7, 11) is 1.64. The van der Waals surface area contributed by atoms with E-state index in [1.165, 1.54) is 10.4 Å². The fourth-order valence-corrected chi connectivity index (χ4v) is 5.03. The van der Waals surface area contributed by atoms with Gasteiger partial charge in [0, 0.05) is 38.2 Å². The molecule has 7 nitrogen and oxygen atoms in total. The molecule has 2 heterocycles. The second kappa shape index (κ2) is 13.1. The molecule has 0 radical (unpaired) electrons. The molecule has 182 valence electrons. The zero-order chi connectivity index (χ0) is 23.6. The van der Waals surface area contributed by atoms with Gasteiger partial charge in [-0.15, -0.1) is 11.3 Å². The molecule has 2 aromatic rings. The van der Waals surface area contributed by atoms with Gasteiger partial charge in [0.15, 0.2) is 0 Å². The number of aliphatic hydroxyl groups is 1. The van der Waals surface area contributed by atoms with Crippen LogP contribution in [0.1, 0.15) is 29.0 Å². The van der Waals surface area contributed by atoms with Crippen LogP contribution in [0.4, 0.5) is 0 Å². The van der Waals surface area contributed by atoms with E-state index in [0.717, 1.165) is 17.7 Å². The lowest BCUT2D eigenvalue weighted by atomic mass is 10.0. The lowest BCUT2D eigenvalue weighted by molar-refractivity contribution is -0.136. The maximum atomic E-state index is 13.5. The van der Waals surface area contributed by atoms with E-state index in [4.69, 9.17) is 14.2 Å². The van der Waals surface area contributed by atoms with Gasteiger partial charge in [-0.25, -0.2) is 0 Å². The molecule has 1 aliphatic heterocycles. The highest BCUT2D eigenvalue weighted by Crippen LogP contribution is 2.34. The van der Waals surface area contributed by atoms with Gasteiger partial charge in [0.1, 0.15) is 12.4 Å². The van der Waals surface area contributed by atoms with Gasteiger partial charge in [-0.2, -0.15) is 0 Å². The van der Waals surface area contributed by atoms with Crippen LogP contribution in [0.2, 0.25) is 0 Å². The highest BCUT2D eigenvalue weighted by atomic mass is 32.1. The quantitative estimate of drug-likeness (QED) is 0.479. The number of benzene rings is 1. The second-order valence-electron chi connectivity index (χ2n) is 8.32. The first-order valence-electron chi connectivity index (χ1n) is 11.5. The van der Waals surface area contributed by atoms with Crippen molar-refractivity contribution < 1.29 is 24.1 Å². The Kier molecular flexibility index (Phi) is 10.1. The first kappa shape index (κ1) is 25.6. The van der Waals surface area contributed by atoms with Crippen LogP contribution in [0.3, 0.4) is 0 Å². The van der Waals surface area contributed by atoms with Crippen LogP contribution in [0.5, 0.6) is 5.75 Å². The maximum absolute atomic E-state index is 13.5. The van der Waals surface area contributed by atoms with E-state index in [9.17, 15) is 9.90 Å². The van der Waals surface area contributed by atoms with Gasteiger partial charge in [0.05, 0.1) is 31.9 Å². The Bertz CT molecular complexity index is 874. The molecule has 1 N–H and O–H groups in total. The van der Waals surface area contributed by atoms with Gasteiger partial charge in [-0.05, 0) is 55.0 Å². The minimum atomic E-state index is -0.653. The third kappa shape index (κ3) is 7.52. The highest BCUT2D eigenvalue weighted by Gasteiger charge is 2.33. The van der Waals surface area contributed by atoms with Crippen molar-refractivity contribution in [2.75, 3.05) is 59.7 Å². The minimum absolute atomic E-state index is 0.0319. The van der Waals surface area contributed by atoms with Gasteiger partial charge in [0.25, 0.3) is 0 Å². The van der Waals surface area contributed by atoms with Crippen LogP contribution in [0.25, 0.3) is 0 Å². The Balaban J connectivity index is 1.69. The zero-order valence-corrected chi connectivity index (χ0v) is 20.7. The summed E-state index contributed by atoms with van der Waals surface area (Å²) in [5, 5.41) is 12.4. The summed E-state index contributed by atoms with van der Waals surface area (Å²) in [6.45, 7) is 7.43. The summed E-state index contributed by atoms with van der Waals surface area (Å²) in [6.07, 6.45) is 0.199. The number of hydrogen-bond donors (Lipinski definition) is 1. The van der Waals surface area contributed by atoms with Gasteiger partial charge < -0.3 is 24.2 Å². The monoisotopic (exact) mass is 476 g/mol. The minimum Gasteiger partial charge on any atom is -0.491 e. The fraction of sp³-hybridized carbons (Fsp3) is 0.560. The van der Waals surface area contributed by atoms with E-state index in [-0.39, 0.29) is 25.1 Å². The fourth-order valence-electron chi connectivity index (χ4n) is 4.10. The van der Waals surface area contributed by atoms with Crippen LogP contribution in [-0.2, 0) is 20.7 Å². The van der Waals surface area contributed by atoms with Crippen LogP contribution in [-0.4, -0.2) is 86.6 Å². The number of aliphatic hydroxyl groups excluding tert-OH is 1. The summed E-state index contributed by atoms with van der Waals surface area (Å²) in [5.41, 5.74) is 2.31. The molecule has 0 bridgehead atoms. The summed E-state index contributed by atoms with van der Waals surface area (Å²) in [4.78, 5) is 18.6. The number of hydrogen-bond acceptors (Lipinski definition) is 7. The third-order valence-electron chi connectivity index (χ3n) is 5.77. The predicted octanol–water partition coefficient (Wildman–Crippen LogP) is 2.91.